The number of methoxy groups -OCH3 is 1. The maximum absolute atomic E-state index is 13.7. The molecule has 2 aromatic rings. The molecule has 0 atom stereocenters. The van der Waals surface area contributed by atoms with E-state index in [1.54, 1.807) is 0 Å². The van der Waals surface area contributed by atoms with E-state index in [2.05, 4.69) is 4.74 Å². The minimum atomic E-state index is -5.31. The highest BCUT2D eigenvalue weighted by atomic mass is 32.2. The fraction of sp³-hybridized carbons (Fsp3) is 0.0769. The molecule has 0 saturated heterocycles. The third kappa shape index (κ3) is 3.24. The van der Waals surface area contributed by atoms with Crippen LogP contribution in [0.2, 0.25) is 0 Å². The lowest BCUT2D eigenvalue weighted by Gasteiger charge is -2.12. The van der Waals surface area contributed by atoms with E-state index in [1.165, 1.54) is 4.72 Å². The van der Waals surface area contributed by atoms with Gasteiger partial charge in [0.05, 0.1) is 17.7 Å². The van der Waals surface area contributed by atoms with Crippen LogP contribution in [0.1, 0.15) is 0 Å². The molecule has 0 bridgehead atoms. The predicted molar refractivity (Wildman–Crippen MR) is 76.7 cm³/mol. The second-order valence-corrected chi connectivity index (χ2v) is 6.27. The summed E-state index contributed by atoms with van der Waals surface area (Å²) in [6.45, 7) is 0. The summed E-state index contributed by atoms with van der Waals surface area (Å²) < 4.78 is 97.0. The number of sulfonamides is 1. The molecule has 13 heteroatoms. The number of benzene rings is 2. The molecule has 0 spiro atoms. The van der Waals surface area contributed by atoms with Gasteiger partial charge in [-0.15, -0.1) is 0 Å². The summed E-state index contributed by atoms with van der Waals surface area (Å²) in [5.74, 6) is -12.8. The van der Waals surface area contributed by atoms with E-state index in [4.69, 9.17) is 0 Å². The Morgan fingerprint density at radius 3 is 1.96 bits per heavy atom. The summed E-state index contributed by atoms with van der Waals surface area (Å²) in [7, 11) is -4.21. The number of nitro benzene ring substituents is 1. The Morgan fingerprint density at radius 1 is 1.00 bits per heavy atom. The van der Waals surface area contributed by atoms with Gasteiger partial charge in [-0.2, -0.15) is 0 Å². The summed E-state index contributed by atoms with van der Waals surface area (Å²) >= 11 is 0. The molecule has 2 rings (SSSR count). The zero-order valence-corrected chi connectivity index (χ0v) is 13.3. The standard InChI is InChI=1S/C13H7F5N2O5S/c1-25-7-3-2-5(4-6(7)20(21)22)19-26(23,24)13-11(17)9(15)8(14)10(16)12(13)18/h2-4,19H,1H3. The van der Waals surface area contributed by atoms with Crippen molar-refractivity contribution in [1.82, 2.24) is 0 Å². The Hall–Kier alpha value is -2.96. The number of halogens is 5. The molecule has 0 amide bonds. The van der Waals surface area contributed by atoms with E-state index in [-0.39, 0.29) is 5.75 Å². The van der Waals surface area contributed by atoms with Crippen molar-refractivity contribution >= 4 is 21.4 Å². The van der Waals surface area contributed by atoms with Gasteiger partial charge in [-0.3, -0.25) is 14.8 Å². The molecule has 1 N–H and O–H groups in total. The summed E-state index contributed by atoms with van der Waals surface area (Å²) in [5, 5.41) is 10.9. The predicted octanol–water partition coefficient (Wildman–Crippen LogP) is 3.10. The van der Waals surface area contributed by atoms with Gasteiger partial charge in [0.1, 0.15) is 0 Å². The zero-order chi connectivity index (χ0) is 19.8. The number of nitro groups is 1. The maximum atomic E-state index is 13.7. The van der Waals surface area contributed by atoms with Gasteiger partial charge >= 0.3 is 5.69 Å². The number of nitrogens with zero attached hydrogens (tertiary/aromatic N) is 1. The molecule has 0 aliphatic heterocycles. The van der Waals surface area contributed by atoms with Crippen LogP contribution in [0.4, 0.5) is 33.3 Å². The van der Waals surface area contributed by atoms with Gasteiger partial charge < -0.3 is 4.74 Å². The van der Waals surface area contributed by atoms with Crippen molar-refractivity contribution in [2.75, 3.05) is 11.8 Å². The highest BCUT2D eigenvalue weighted by Gasteiger charge is 2.34. The highest BCUT2D eigenvalue weighted by Crippen LogP contribution is 2.32. The van der Waals surface area contributed by atoms with Gasteiger partial charge in [-0.1, -0.05) is 0 Å². The Balaban J connectivity index is 2.58. The number of hydrogen-bond donors (Lipinski definition) is 1. The fourth-order valence-corrected chi connectivity index (χ4v) is 3.11. The molecular weight excluding hydrogens is 391 g/mol. The molecule has 140 valence electrons. The van der Waals surface area contributed by atoms with Crippen LogP contribution in [0.5, 0.6) is 5.75 Å². The van der Waals surface area contributed by atoms with Crippen LogP contribution in [0.25, 0.3) is 0 Å². The SMILES string of the molecule is COc1ccc(NS(=O)(=O)c2c(F)c(F)c(F)c(F)c2F)cc1[N+](=O)[O-]. The fourth-order valence-electron chi connectivity index (χ4n) is 1.92. The lowest BCUT2D eigenvalue weighted by Crippen LogP contribution is -2.19. The molecule has 0 aliphatic carbocycles. The van der Waals surface area contributed by atoms with Crippen molar-refractivity contribution in [2.45, 2.75) is 4.90 Å². The van der Waals surface area contributed by atoms with E-state index in [9.17, 15) is 40.5 Å². The minimum Gasteiger partial charge on any atom is -0.490 e. The average molecular weight is 398 g/mol. The van der Waals surface area contributed by atoms with Crippen LogP contribution in [-0.4, -0.2) is 20.5 Å². The second-order valence-electron chi connectivity index (χ2n) is 4.65. The zero-order valence-electron chi connectivity index (χ0n) is 12.5. The van der Waals surface area contributed by atoms with Crippen LogP contribution >= 0.6 is 0 Å². The Kier molecular flexibility index (Phi) is 5.02. The van der Waals surface area contributed by atoms with Crippen molar-refractivity contribution < 1.29 is 40.0 Å². The first-order valence-electron chi connectivity index (χ1n) is 6.38. The van der Waals surface area contributed by atoms with Crippen molar-refractivity contribution in [3.8, 4) is 5.75 Å². The van der Waals surface area contributed by atoms with E-state index < -0.39 is 60.3 Å². The third-order valence-corrected chi connectivity index (χ3v) is 4.47. The Bertz CT molecular complexity index is 983. The molecule has 0 unspecified atom stereocenters. The number of hydrogen-bond acceptors (Lipinski definition) is 5. The number of anilines is 1. The smallest absolute Gasteiger partial charge is 0.312 e. The molecule has 26 heavy (non-hydrogen) atoms. The minimum absolute atomic E-state index is 0.255. The summed E-state index contributed by atoms with van der Waals surface area (Å²) in [4.78, 5) is 7.84. The first-order valence-corrected chi connectivity index (χ1v) is 7.86. The summed E-state index contributed by atoms with van der Waals surface area (Å²) in [5.41, 5.74) is -1.27. The molecule has 0 aliphatic rings. The van der Waals surface area contributed by atoms with Crippen molar-refractivity contribution in [2.24, 2.45) is 0 Å². The molecule has 0 fully saturated rings. The molecule has 2 aromatic carbocycles. The van der Waals surface area contributed by atoms with Gasteiger partial charge in [0.25, 0.3) is 10.0 Å². The maximum Gasteiger partial charge on any atom is 0.312 e. The van der Waals surface area contributed by atoms with E-state index >= 15 is 0 Å². The lowest BCUT2D eigenvalue weighted by molar-refractivity contribution is -0.385. The van der Waals surface area contributed by atoms with Crippen LogP contribution in [-0.2, 0) is 10.0 Å². The average Bonchev–Trinajstić information content (AvgIpc) is 2.57. The van der Waals surface area contributed by atoms with Gasteiger partial charge in [-0.05, 0) is 12.1 Å². The first kappa shape index (κ1) is 19.4. The molecule has 0 saturated carbocycles. The van der Waals surface area contributed by atoms with E-state index in [1.807, 2.05) is 0 Å². The van der Waals surface area contributed by atoms with Crippen LogP contribution in [0.3, 0.4) is 0 Å². The van der Waals surface area contributed by atoms with Crippen molar-refractivity contribution in [3.63, 3.8) is 0 Å². The van der Waals surface area contributed by atoms with Crippen molar-refractivity contribution in [3.05, 3.63) is 57.4 Å². The number of rotatable bonds is 5. The molecule has 0 heterocycles. The largest absolute Gasteiger partial charge is 0.490 e. The first-order chi connectivity index (χ1) is 12.0. The second kappa shape index (κ2) is 6.74. The van der Waals surface area contributed by atoms with Gasteiger partial charge in [0.15, 0.2) is 33.9 Å². The topological polar surface area (TPSA) is 98.5 Å². The monoisotopic (exact) mass is 398 g/mol. The van der Waals surface area contributed by atoms with Gasteiger partial charge in [0.2, 0.25) is 5.82 Å². The summed E-state index contributed by atoms with van der Waals surface area (Å²) in [6, 6.07) is 2.53. The molecule has 0 radical (unpaired) electrons. The number of ether oxygens (including phenoxy) is 1. The van der Waals surface area contributed by atoms with Crippen molar-refractivity contribution in [1.29, 1.82) is 0 Å². The Labute approximate surface area is 142 Å². The van der Waals surface area contributed by atoms with E-state index in [0.29, 0.717) is 6.07 Å². The molecular formula is C13H7F5N2O5S. The van der Waals surface area contributed by atoms with Gasteiger partial charge in [0, 0.05) is 6.07 Å². The van der Waals surface area contributed by atoms with Crippen LogP contribution in [0.15, 0.2) is 23.1 Å². The highest BCUT2D eigenvalue weighted by molar-refractivity contribution is 7.92. The number of nitrogens with one attached hydrogen (secondary N) is 1. The molecule has 7 nitrogen and oxygen atoms in total. The normalized spacial score (nSPS) is 11.3. The van der Waals surface area contributed by atoms with E-state index in [0.717, 1.165) is 19.2 Å². The quantitative estimate of drug-likeness (QED) is 0.274. The van der Waals surface area contributed by atoms with Gasteiger partial charge in [-0.25, -0.2) is 30.4 Å². The summed E-state index contributed by atoms with van der Waals surface area (Å²) in [6.07, 6.45) is 0. The van der Waals surface area contributed by atoms with Crippen LogP contribution < -0.4 is 9.46 Å². The Morgan fingerprint density at radius 2 is 1.50 bits per heavy atom. The third-order valence-electron chi connectivity index (χ3n) is 3.07. The molecule has 0 aromatic heterocycles. The van der Waals surface area contributed by atoms with Crippen LogP contribution in [0, 0.1) is 39.2 Å². The lowest BCUT2D eigenvalue weighted by atomic mass is 10.2.